The van der Waals surface area contributed by atoms with Crippen LogP contribution < -0.4 is 0 Å². The van der Waals surface area contributed by atoms with Gasteiger partial charge in [0.25, 0.3) is 5.50 Å². The fourth-order valence-electron chi connectivity index (χ4n) is 2.82. The van der Waals surface area contributed by atoms with Gasteiger partial charge in [0.15, 0.2) is 7.85 Å². The Morgan fingerprint density at radius 1 is 1.04 bits per heavy atom. The van der Waals surface area contributed by atoms with Gasteiger partial charge in [-0.15, -0.1) is 0 Å². The van der Waals surface area contributed by atoms with E-state index in [9.17, 15) is 31.1 Å². The topological polar surface area (TPSA) is 32.8 Å². The van der Waals surface area contributed by atoms with Crippen LogP contribution in [0.3, 0.4) is 0 Å². The summed E-state index contributed by atoms with van der Waals surface area (Å²) >= 11 is 0. The summed E-state index contributed by atoms with van der Waals surface area (Å²) in [7, 11) is 27.7. The van der Waals surface area contributed by atoms with Gasteiger partial charge in [0, 0.05) is 12.1 Å². The molecule has 0 aromatic heterocycles. The van der Waals surface area contributed by atoms with Crippen molar-refractivity contribution in [3.8, 4) is 0 Å². The number of carbonyl (C=O) groups is 1. The second-order valence-corrected chi connectivity index (χ2v) is 7.19. The van der Waals surface area contributed by atoms with Gasteiger partial charge in [-0.25, -0.2) is 4.79 Å². The van der Waals surface area contributed by atoms with E-state index in [1.165, 1.54) is 4.90 Å². The molecule has 0 saturated carbocycles. The minimum Gasteiger partial charge on any atom is -0.434 e. The van der Waals surface area contributed by atoms with E-state index in [0.717, 1.165) is 0 Å². The number of amides is 1. The molecule has 27 heavy (non-hydrogen) atoms. The number of hydrogen-bond donors (Lipinski definition) is 0. The van der Waals surface area contributed by atoms with E-state index in [2.05, 4.69) is 12.6 Å². The molecule has 0 bridgehead atoms. The first kappa shape index (κ1) is 24.2. The van der Waals surface area contributed by atoms with E-state index in [1.54, 1.807) is 20.8 Å². The van der Waals surface area contributed by atoms with E-state index in [4.69, 9.17) is 31.4 Å². The lowest BCUT2D eigenvalue weighted by molar-refractivity contribution is -0.331. The first-order valence-corrected chi connectivity index (χ1v) is 7.48. The smallest absolute Gasteiger partial charge is 0.427 e. The van der Waals surface area contributed by atoms with Crippen LogP contribution in [0.4, 0.5) is 31.1 Å². The van der Waals surface area contributed by atoms with Crippen LogP contribution in [0.25, 0.3) is 0 Å². The Morgan fingerprint density at radius 2 is 1.44 bits per heavy atom. The summed E-state index contributed by atoms with van der Waals surface area (Å²) in [5, 5.41) is -2.09. The molecule has 0 aliphatic carbocycles. The highest BCUT2D eigenvalue weighted by Gasteiger charge is 2.70. The predicted molar refractivity (Wildman–Crippen MR) is 88.7 cm³/mol. The van der Waals surface area contributed by atoms with E-state index in [-0.39, 0.29) is 4.90 Å². The number of nitrogens with zero attached hydrogens (tertiary/aromatic N) is 2. The Morgan fingerprint density at radius 3 is 1.78 bits per heavy atom. The average Bonchev–Trinajstić information content (AvgIpc) is 2.38. The SMILES string of the molecule is [B]C1CN(C(=O)OC([B])(C(F)(F)F)C(F)(F)F)C([B])C([B])([B])N1C(C)(C)C. The number of piperazine rings is 1. The highest BCUT2D eigenvalue weighted by molar-refractivity contribution is 6.44. The third kappa shape index (κ3) is 4.27. The van der Waals surface area contributed by atoms with Crippen molar-refractivity contribution in [1.29, 1.82) is 0 Å². The van der Waals surface area contributed by atoms with Crippen molar-refractivity contribution in [1.82, 2.24) is 9.80 Å². The molecule has 140 valence electrons. The molecule has 0 aromatic rings. The van der Waals surface area contributed by atoms with Crippen molar-refractivity contribution in [2.24, 2.45) is 0 Å². The Bertz CT molecular complexity index is 566. The number of hydrogen-bond acceptors (Lipinski definition) is 3. The van der Waals surface area contributed by atoms with Crippen LogP contribution in [-0.4, -0.2) is 102 Å². The van der Waals surface area contributed by atoms with Gasteiger partial charge < -0.3 is 14.5 Å². The van der Waals surface area contributed by atoms with Gasteiger partial charge in [0.05, 0.1) is 31.4 Å². The predicted octanol–water partition coefficient (Wildman–Crippen LogP) is 0.508. The van der Waals surface area contributed by atoms with Crippen LogP contribution >= 0.6 is 0 Å². The molecule has 1 rings (SSSR count). The lowest BCUT2D eigenvalue weighted by Crippen LogP contribution is -2.77. The molecule has 1 heterocycles. The van der Waals surface area contributed by atoms with Crippen LogP contribution in [0.5, 0.6) is 0 Å². The van der Waals surface area contributed by atoms with Crippen molar-refractivity contribution < 1.29 is 35.9 Å². The molecule has 1 saturated heterocycles. The fourth-order valence-corrected chi connectivity index (χ4v) is 2.82. The summed E-state index contributed by atoms with van der Waals surface area (Å²) in [4.78, 5) is 13.6. The molecule has 10 radical (unpaired) electrons. The fraction of sp³-hybridized carbons (Fsp3) is 0.917. The maximum Gasteiger partial charge on any atom is 0.427 e. The van der Waals surface area contributed by atoms with E-state index < -0.39 is 53.2 Å². The van der Waals surface area contributed by atoms with Crippen LogP contribution in [0.2, 0.25) is 0 Å². The second kappa shape index (κ2) is 6.88. The van der Waals surface area contributed by atoms with Crippen LogP contribution in [-0.2, 0) is 4.74 Å². The Labute approximate surface area is 159 Å². The number of rotatable bonds is 1. The van der Waals surface area contributed by atoms with Gasteiger partial charge in [-0.3, -0.25) is 0 Å². The lowest BCUT2D eigenvalue weighted by atomic mass is 9.48. The zero-order chi connectivity index (χ0) is 21.8. The van der Waals surface area contributed by atoms with Gasteiger partial charge >= 0.3 is 18.4 Å². The van der Waals surface area contributed by atoms with Crippen LogP contribution in [0.15, 0.2) is 0 Å². The summed E-state index contributed by atoms with van der Waals surface area (Å²) in [5.41, 5.74) is -6.06. The molecule has 1 amide bonds. The molecular weight excluding hydrogens is 372 g/mol. The highest BCUT2D eigenvalue weighted by Crippen LogP contribution is 2.44. The molecule has 1 aliphatic rings. The summed E-state index contributed by atoms with van der Waals surface area (Å²) in [6.07, 6.45) is -14.4. The molecule has 1 aliphatic heterocycles. The zero-order valence-corrected chi connectivity index (χ0v) is 14.7. The Kier molecular flexibility index (Phi) is 6.16. The molecule has 2 unspecified atom stereocenters. The first-order valence-electron chi connectivity index (χ1n) is 7.48. The van der Waals surface area contributed by atoms with E-state index in [1.807, 2.05) is 0 Å². The third-order valence-electron chi connectivity index (χ3n) is 3.99. The third-order valence-corrected chi connectivity index (χ3v) is 3.99. The zero-order valence-electron chi connectivity index (χ0n) is 14.7. The molecule has 0 N–H and O–H groups in total. The molecule has 1 fully saturated rings. The summed E-state index contributed by atoms with van der Waals surface area (Å²) in [6.45, 7) is 4.31. The molecule has 2 atom stereocenters. The van der Waals surface area contributed by atoms with Gasteiger partial charge in [-0.2, -0.15) is 26.3 Å². The Hall–Kier alpha value is -0.865. The van der Waals surface area contributed by atoms with E-state index in [0.29, 0.717) is 0 Å². The van der Waals surface area contributed by atoms with Gasteiger partial charge in [0.1, 0.15) is 0 Å². The number of carbonyl (C=O) groups excluding carboxylic acids is 1. The van der Waals surface area contributed by atoms with Crippen LogP contribution in [0.1, 0.15) is 20.8 Å². The molecule has 15 heteroatoms. The van der Waals surface area contributed by atoms with Gasteiger partial charge in [-0.1, -0.05) is 0 Å². The summed E-state index contributed by atoms with van der Waals surface area (Å²) in [5.74, 6) is -2.92. The van der Waals surface area contributed by atoms with Crippen molar-refractivity contribution in [2.45, 2.75) is 61.4 Å². The lowest BCUT2D eigenvalue weighted by Gasteiger charge is -2.61. The van der Waals surface area contributed by atoms with Crippen molar-refractivity contribution in [2.75, 3.05) is 6.54 Å². The molecule has 0 aromatic carbocycles. The largest absolute Gasteiger partial charge is 0.434 e. The maximum atomic E-state index is 12.8. The second-order valence-electron chi connectivity index (χ2n) is 7.19. The number of ether oxygens (including phenoxy) is 1. The monoisotopic (exact) mass is 386 g/mol. The average molecular weight is 385 g/mol. The van der Waals surface area contributed by atoms with Crippen molar-refractivity contribution >= 4 is 45.3 Å². The van der Waals surface area contributed by atoms with E-state index >= 15 is 0 Å². The maximum absolute atomic E-state index is 12.8. The molecule has 4 nitrogen and oxygen atoms in total. The molecular formula is C12H13B5F6N2O2. The normalized spacial score (nSPS) is 25.3. The standard InChI is InChI=1S/C12H13B5F6N2O2/c1-8(2,3)25-5(13)4-24(6(14)9(25,15)16)7(26)27-10(17,11(18,19)20)12(21,22)23/h5-6H,4H2,1-3H3. The Balaban J connectivity index is 3.23. The summed E-state index contributed by atoms with van der Waals surface area (Å²) < 4.78 is 80.5. The minimum atomic E-state index is -6.15. The van der Waals surface area contributed by atoms with Crippen molar-refractivity contribution in [3.05, 3.63) is 0 Å². The van der Waals surface area contributed by atoms with Gasteiger partial charge in [-0.05, 0) is 38.0 Å². The van der Waals surface area contributed by atoms with Gasteiger partial charge in [0.2, 0.25) is 0 Å². The van der Waals surface area contributed by atoms with Crippen molar-refractivity contribution in [3.63, 3.8) is 0 Å². The minimum absolute atomic E-state index is 0.270. The first-order chi connectivity index (χ1) is 11.7. The highest BCUT2D eigenvalue weighted by atomic mass is 19.4. The quantitative estimate of drug-likeness (QED) is 0.487. The van der Waals surface area contributed by atoms with Crippen LogP contribution in [0, 0.1) is 0 Å². The summed E-state index contributed by atoms with van der Waals surface area (Å²) in [6, 6.07) is 0. The number of alkyl halides is 6. The molecule has 0 spiro atoms. The number of halogens is 6.